The van der Waals surface area contributed by atoms with Gasteiger partial charge in [-0.1, -0.05) is 0 Å². The Hall–Kier alpha value is -3.46. The summed E-state index contributed by atoms with van der Waals surface area (Å²) in [6.07, 6.45) is 3.90. The Morgan fingerprint density at radius 1 is 0.914 bits per heavy atom. The molecule has 0 aliphatic carbocycles. The molecule has 0 saturated carbocycles. The number of nitrogens with zero attached hydrogens (tertiary/aromatic N) is 4. The number of aromatic nitrogens is 2. The Labute approximate surface area is 204 Å². The fourth-order valence-corrected chi connectivity index (χ4v) is 4.19. The lowest BCUT2D eigenvalue weighted by molar-refractivity contribution is 0.311. The van der Waals surface area contributed by atoms with E-state index in [4.69, 9.17) is 9.47 Å². The number of ether oxygens (including phenoxy) is 2. The van der Waals surface area contributed by atoms with Gasteiger partial charge in [-0.25, -0.2) is 18.7 Å². The van der Waals surface area contributed by atoms with Crippen LogP contribution in [0.15, 0.2) is 36.7 Å². The van der Waals surface area contributed by atoms with Crippen molar-refractivity contribution in [3.8, 4) is 11.5 Å². The number of benzene rings is 2. The van der Waals surface area contributed by atoms with Crippen molar-refractivity contribution < 1.29 is 18.3 Å². The predicted octanol–water partition coefficient (Wildman–Crippen LogP) is 4.36. The molecule has 7 nitrogen and oxygen atoms in total. The summed E-state index contributed by atoms with van der Waals surface area (Å²) in [6, 6.07) is 7.32. The number of hydrogen-bond acceptors (Lipinski definition) is 7. The number of aryl methyl sites for hydroxylation is 2. The maximum Gasteiger partial charge on any atom is 0.227 e. The molecule has 3 aromatic rings. The van der Waals surface area contributed by atoms with Crippen LogP contribution in [0.25, 0.3) is 0 Å². The number of likely N-dealkylation sites (N-methyl/N-ethyl adjacent to an activating group) is 1. The summed E-state index contributed by atoms with van der Waals surface area (Å²) in [5.41, 5.74) is 3.01. The molecule has 186 valence electrons. The van der Waals surface area contributed by atoms with Gasteiger partial charge in [0.25, 0.3) is 0 Å². The van der Waals surface area contributed by atoms with Gasteiger partial charge in [0.05, 0.1) is 19.9 Å². The highest BCUT2D eigenvalue weighted by molar-refractivity contribution is 5.67. The highest BCUT2D eigenvalue weighted by atomic mass is 19.1. The Balaban J connectivity index is 1.41. The molecule has 1 saturated heterocycles. The molecular formula is C26H31F2N5O2. The van der Waals surface area contributed by atoms with E-state index in [0.717, 1.165) is 48.9 Å². The van der Waals surface area contributed by atoms with Gasteiger partial charge < -0.3 is 24.6 Å². The minimum absolute atomic E-state index is 0.0107. The highest BCUT2D eigenvalue weighted by Gasteiger charge is 2.19. The van der Waals surface area contributed by atoms with Crippen molar-refractivity contribution in [2.75, 3.05) is 57.7 Å². The van der Waals surface area contributed by atoms with Crippen LogP contribution < -0.4 is 19.7 Å². The molecular weight excluding hydrogens is 452 g/mol. The maximum absolute atomic E-state index is 14.5. The molecule has 1 N–H and O–H groups in total. The molecule has 0 amide bonds. The molecule has 1 aliphatic rings. The largest absolute Gasteiger partial charge is 0.495 e. The second-order valence-electron chi connectivity index (χ2n) is 8.72. The summed E-state index contributed by atoms with van der Waals surface area (Å²) in [6.45, 7) is 5.53. The summed E-state index contributed by atoms with van der Waals surface area (Å²) in [7, 11) is 5.16. The van der Waals surface area contributed by atoms with Gasteiger partial charge >= 0.3 is 0 Å². The molecule has 1 fully saturated rings. The third kappa shape index (κ3) is 5.62. The SMILES string of the molecule is COc1cc(Nc2ncc(CCc3c(F)c(C)cc(OC)c3F)cn2)ccc1N1CCN(C)CC1. The van der Waals surface area contributed by atoms with Crippen molar-refractivity contribution in [1.82, 2.24) is 14.9 Å². The van der Waals surface area contributed by atoms with Crippen LogP contribution in [-0.2, 0) is 12.8 Å². The van der Waals surface area contributed by atoms with E-state index in [9.17, 15) is 8.78 Å². The van der Waals surface area contributed by atoms with Crippen molar-refractivity contribution in [3.63, 3.8) is 0 Å². The topological polar surface area (TPSA) is 62.8 Å². The number of rotatable bonds is 8. The lowest BCUT2D eigenvalue weighted by Crippen LogP contribution is -2.44. The molecule has 0 radical (unpaired) electrons. The molecule has 1 aromatic heterocycles. The Kier molecular flexibility index (Phi) is 7.65. The van der Waals surface area contributed by atoms with Gasteiger partial charge in [-0.05, 0) is 56.1 Å². The first kappa shape index (κ1) is 24.7. The van der Waals surface area contributed by atoms with Gasteiger partial charge in [-0.2, -0.15) is 0 Å². The first-order valence-electron chi connectivity index (χ1n) is 11.6. The average Bonchev–Trinajstić information content (AvgIpc) is 2.87. The number of halogens is 2. The summed E-state index contributed by atoms with van der Waals surface area (Å²) >= 11 is 0. The van der Waals surface area contributed by atoms with Crippen LogP contribution in [0.1, 0.15) is 16.7 Å². The molecule has 2 heterocycles. The van der Waals surface area contributed by atoms with Gasteiger partial charge in [-0.15, -0.1) is 0 Å². The zero-order chi connectivity index (χ0) is 24.9. The van der Waals surface area contributed by atoms with Crippen LogP contribution in [0.4, 0.5) is 26.1 Å². The number of piperazine rings is 1. The maximum atomic E-state index is 14.5. The Morgan fingerprint density at radius 3 is 2.26 bits per heavy atom. The molecule has 0 bridgehead atoms. The summed E-state index contributed by atoms with van der Waals surface area (Å²) < 4.78 is 39.6. The van der Waals surface area contributed by atoms with Crippen molar-refractivity contribution >= 4 is 17.3 Å². The monoisotopic (exact) mass is 483 g/mol. The van der Waals surface area contributed by atoms with Crippen molar-refractivity contribution in [2.24, 2.45) is 0 Å². The molecule has 2 aromatic carbocycles. The summed E-state index contributed by atoms with van der Waals surface area (Å²) in [5.74, 6) is 0.0514. The standard InChI is InChI=1S/C26H31F2N5O2/c1-17-13-23(35-4)25(28)20(24(17)27)7-5-18-15-29-26(30-16-18)31-19-6-8-21(22(14-19)34-3)33-11-9-32(2)10-12-33/h6,8,13-16H,5,7,9-12H2,1-4H3,(H,29,30,31). The second-order valence-corrected chi connectivity index (χ2v) is 8.72. The number of methoxy groups -OCH3 is 2. The normalized spacial score (nSPS) is 14.2. The molecule has 0 unspecified atom stereocenters. The second kappa shape index (κ2) is 10.9. The quantitative estimate of drug-likeness (QED) is 0.511. The van der Waals surface area contributed by atoms with Crippen LogP contribution in [0, 0.1) is 18.6 Å². The van der Waals surface area contributed by atoms with E-state index in [1.54, 1.807) is 26.4 Å². The van der Waals surface area contributed by atoms with Gasteiger partial charge in [0.2, 0.25) is 5.95 Å². The summed E-state index contributed by atoms with van der Waals surface area (Å²) in [5, 5.41) is 3.19. The zero-order valence-corrected chi connectivity index (χ0v) is 20.6. The van der Waals surface area contributed by atoms with Crippen molar-refractivity contribution in [2.45, 2.75) is 19.8 Å². The minimum Gasteiger partial charge on any atom is -0.495 e. The average molecular weight is 484 g/mol. The predicted molar refractivity (Wildman–Crippen MR) is 133 cm³/mol. The van der Waals surface area contributed by atoms with E-state index in [0.29, 0.717) is 17.9 Å². The van der Waals surface area contributed by atoms with Gasteiger partial charge in [0.15, 0.2) is 11.6 Å². The van der Waals surface area contributed by atoms with Crippen LogP contribution in [0.5, 0.6) is 11.5 Å². The van der Waals surface area contributed by atoms with Crippen molar-refractivity contribution in [3.05, 3.63) is 65.0 Å². The molecule has 1 aliphatic heterocycles. The lowest BCUT2D eigenvalue weighted by Gasteiger charge is -2.34. The lowest BCUT2D eigenvalue weighted by atomic mass is 10.0. The zero-order valence-electron chi connectivity index (χ0n) is 20.6. The molecule has 9 heteroatoms. The fourth-order valence-electron chi connectivity index (χ4n) is 4.19. The molecule has 0 atom stereocenters. The van der Waals surface area contributed by atoms with E-state index in [2.05, 4.69) is 32.1 Å². The van der Waals surface area contributed by atoms with Gasteiger partial charge in [-0.3, -0.25) is 0 Å². The van der Waals surface area contributed by atoms with E-state index < -0.39 is 11.6 Å². The summed E-state index contributed by atoms with van der Waals surface area (Å²) in [4.78, 5) is 13.4. The van der Waals surface area contributed by atoms with Gasteiger partial charge in [0.1, 0.15) is 11.6 Å². The van der Waals surface area contributed by atoms with Crippen LogP contribution in [0.3, 0.4) is 0 Å². The number of nitrogens with one attached hydrogen (secondary N) is 1. The molecule has 0 spiro atoms. The first-order valence-corrected chi connectivity index (χ1v) is 11.6. The Bertz CT molecular complexity index is 1170. The van der Waals surface area contributed by atoms with E-state index in [-0.39, 0.29) is 17.7 Å². The molecule has 35 heavy (non-hydrogen) atoms. The fraction of sp³-hybridized carbons (Fsp3) is 0.385. The minimum atomic E-state index is -0.663. The van der Waals surface area contributed by atoms with E-state index in [1.807, 2.05) is 18.2 Å². The molecule has 4 rings (SSSR count). The van der Waals surface area contributed by atoms with Crippen LogP contribution in [0.2, 0.25) is 0 Å². The highest BCUT2D eigenvalue weighted by Crippen LogP contribution is 2.33. The third-order valence-electron chi connectivity index (χ3n) is 6.31. The smallest absolute Gasteiger partial charge is 0.227 e. The number of anilines is 3. The van der Waals surface area contributed by atoms with E-state index >= 15 is 0 Å². The van der Waals surface area contributed by atoms with Crippen LogP contribution in [-0.4, -0.2) is 62.3 Å². The van der Waals surface area contributed by atoms with Gasteiger partial charge in [0, 0.05) is 55.9 Å². The first-order chi connectivity index (χ1) is 16.9. The third-order valence-corrected chi connectivity index (χ3v) is 6.31. The van der Waals surface area contributed by atoms with Crippen molar-refractivity contribution in [1.29, 1.82) is 0 Å². The Morgan fingerprint density at radius 2 is 1.60 bits per heavy atom. The number of hydrogen-bond donors (Lipinski definition) is 1. The van der Waals surface area contributed by atoms with Crippen LogP contribution >= 0.6 is 0 Å². The van der Waals surface area contributed by atoms with E-state index in [1.165, 1.54) is 13.2 Å².